The van der Waals surface area contributed by atoms with Crippen LogP contribution in [0, 0.1) is 6.92 Å². The molecule has 1 N–H and O–H groups in total. The summed E-state index contributed by atoms with van der Waals surface area (Å²) < 4.78 is 6.77. The zero-order valence-corrected chi connectivity index (χ0v) is 14.4. The number of nitrogens with one attached hydrogen (secondary N) is 1. The molecule has 3 rings (SSSR count). The van der Waals surface area contributed by atoms with Crippen LogP contribution in [0.2, 0.25) is 0 Å². The third-order valence-electron chi connectivity index (χ3n) is 3.63. The molecule has 1 fully saturated rings. The molecule has 4 nitrogen and oxygen atoms in total. The minimum Gasteiger partial charge on any atom is -0.451 e. The molecule has 0 spiro atoms. The summed E-state index contributed by atoms with van der Waals surface area (Å²) in [4.78, 5) is 14.4. The first-order valence-corrected chi connectivity index (χ1v) is 7.56. The van der Waals surface area contributed by atoms with Gasteiger partial charge in [0, 0.05) is 35.5 Å². The number of benzene rings is 1. The van der Waals surface area contributed by atoms with E-state index in [0.717, 1.165) is 40.6 Å². The molecule has 0 bridgehead atoms. The predicted octanol–water partition coefficient (Wildman–Crippen LogP) is 3.36. The largest absolute Gasteiger partial charge is 0.451 e. The average Bonchev–Trinajstić information content (AvgIpc) is 2.82. The number of nitrogens with zero attached hydrogens (tertiary/aromatic N) is 1. The van der Waals surface area contributed by atoms with Gasteiger partial charge in [-0.25, -0.2) is 0 Å². The fourth-order valence-corrected chi connectivity index (χ4v) is 3.25. The molecule has 1 atom stereocenters. The summed E-state index contributed by atoms with van der Waals surface area (Å²) in [6.45, 7) is 6.34. The van der Waals surface area contributed by atoms with Crippen LogP contribution >= 0.6 is 28.3 Å². The van der Waals surface area contributed by atoms with E-state index in [1.807, 2.05) is 30.0 Å². The molecule has 2 heterocycles. The zero-order valence-electron chi connectivity index (χ0n) is 12.0. The van der Waals surface area contributed by atoms with Gasteiger partial charge in [0.25, 0.3) is 5.91 Å². The second-order valence-corrected chi connectivity index (χ2v) is 6.27. The van der Waals surface area contributed by atoms with Gasteiger partial charge in [-0.05, 0) is 37.6 Å². The highest BCUT2D eigenvalue weighted by molar-refractivity contribution is 9.10. The highest BCUT2D eigenvalue weighted by Crippen LogP contribution is 2.27. The highest BCUT2D eigenvalue weighted by atomic mass is 79.9. The monoisotopic (exact) mass is 372 g/mol. The molecule has 114 valence electrons. The first-order valence-electron chi connectivity index (χ1n) is 6.77. The maximum Gasteiger partial charge on any atom is 0.289 e. The number of piperazine rings is 1. The second-order valence-electron chi connectivity index (χ2n) is 5.36. The summed E-state index contributed by atoms with van der Waals surface area (Å²) in [5.41, 5.74) is 1.82. The normalized spacial score (nSPS) is 18.6. The van der Waals surface area contributed by atoms with E-state index in [9.17, 15) is 4.79 Å². The Morgan fingerprint density at radius 2 is 2.19 bits per heavy atom. The summed E-state index contributed by atoms with van der Waals surface area (Å²) in [5, 5.41) is 4.29. The number of carbonyl (C=O) groups is 1. The molecule has 0 radical (unpaired) electrons. The third kappa shape index (κ3) is 3.25. The summed E-state index contributed by atoms with van der Waals surface area (Å²) in [6, 6.07) is 6.13. The van der Waals surface area contributed by atoms with Gasteiger partial charge in [-0.3, -0.25) is 4.79 Å². The van der Waals surface area contributed by atoms with Crippen LogP contribution in [0.5, 0.6) is 0 Å². The van der Waals surface area contributed by atoms with Crippen molar-refractivity contribution >= 4 is 45.2 Å². The predicted molar refractivity (Wildman–Crippen MR) is 89.3 cm³/mol. The van der Waals surface area contributed by atoms with E-state index in [-0.39, 0.29) is 18.3 Å². The van der Waals surface area contributed by atoms with Crippen molar-refractivity contribution in [1.82, 2.24) is 10.2 Å². The molecule has 1 aliphatic heterocycles. The van der Waals surface area contributed by atoms with Gasteiger partial charge in [0.2, 0.25) is 0 Å². The first kappa shape index (κ1) is 16.3. The van der Waals surface area contributed by atoms with E-state index in [4.69, 9.17) is 4.42 Å². The molecular formula is C15H18BrClN2O2. The van der Waals surface area contributed by atoms with Crippen LogP contribution in [0.25, 0.3) is 11.0 Å². The number of furan rings is 1. The maximum atomic E-state index is 12.5. The number of amides is 1. The lowest BCUT2D eigenvalue weighted by Crippen LogP contribution is -2.51. The molecule has 0 unspecified atom stereocenters. The molecule has 0 aliphatic carbocycles. The molecule has 1 aromatic carbocycles. The summed E-state index contributed by atoms with van der Waals surface area (Å²) in [7, 11) is 0. The van der Waals surface area contributed by atoms with Gasteiger partial charge in [0.1, 0.15) is 5.58 Å². The van der Waals surface area contributed by atoms with Gasteiger partial charge in [-0.2, -0.15) is 0 Å². The van der Waals surface area contributed by atoms with E-state index < -0.39 is 0 Å². The number of hydrogen-bond donors (Lipinski definition) is 1. The Hall–Kier alpha value is -1.04. The second kappa shape index (κ2) is 6.38. The first-order chi connectivity index (χ1) is 9.54. The number of rotatable bonds is 1. The summed E-state index contributed by atoms with van der Waals surface area (Å²) in [6.07, 6.45) is 0. The molecule has 6 heteroatoms. The van der Waals surface area contributed by atoms with Crippen LogP contribution < -0.4 is 5.32 Å². The van der Waals surface area contributed by atoms with Gasteiger partial charge in [0.05, 0.1) is 0 Å². The van der Waals surface area contributed by atoms with Crippen LogP contribution in [0.4, 0.5) is 0 Å². The highest BCUT2D eigenvalue weighted by Gasteiger charge is 2.24. The molecule has 1 saturated heterocycles. The van der Waals surface area contributed by atoms with Crippen LogP contribution in [0.15, 0.2) is 27.1 Å². The van der Waals surface area contributed by atoms with Crippen molar-refractivity contribution in [2.24, 2.45) is 0 Å². The average molecular weight is 374 g/mol. The van der Waals surface area contributed by atoms with Crippen LogP contribution in [-0.4, -0.2) is 36.5 Å². The van der Waals surface area contributed by atoms with E-state index in [0.29, 0.717) is 11.8 Å². The molecule has 2 aromatic rings. The Kier molecular flexibility index (Phi) is 4.96. The van der Waals surface area contributed by atoms with Crippen LogP contribution in [0.3, 0.4) is 0 Å². The minimum absolute atomic E-state index is 0. The Morgan fingerprint density at radius 3 is 2.90 bits per heavy atom. The number of fused-ring (bicyclic) bond motifs is 1. The summed E-state index contributed by atoms with van der Waals surface area (Å²) in [5.74, 6) is 0.403. The van der Waals surface area contributed by atoms with E-state index in [1.165, 1.54) is 0 Å². The van der Waals surface area contributed by atoms with Gasteiger partial charge in [-0.15, -0.1) is 12.4 Å². The van der Waals surface area contributed by atoms with Crippen molar-refractivity contribution in [3.05, 3.63) is 34.0 Å². The van der Waals surface area contributed by atoms with E-state index in [1.54, 1.807) is 0 Å². The Labute approximate surface area is 138 Å². The topological polar surface area (TPSA) is 45.5 Å². The number of hydrogen-bond acceptors (Lipinski definition) is 3. The summed E-state index contributed by atoms with van der Waals surface area (Å²) >= 11 is 3.47. The molecule has 1 aliphatic rings. The Bertz CT molecular complexity index is 671. The standard InChI is InChI=1S/C15H17BrN2O2.ClH/c1-9-5-12(16)6-11-7-13(20-14(9)11)15(19)18-4-3-17-10(2)8-18;/h5-7,10,17H,3-4,8H2,1-2H3;1H/t10-;/m1./s1. The molecule has 1 amide bonds. The number of aryl methyl sites for hydroxylation is 1. The van der Waals surface area contributed by atoms with Gasteiger partial charge in [0.15, 0.2) is 5.76 Å². The fourth-order valence-electron chi connectivity index (χ4n) is 2.66. The molecule has 0 saturated carbocycles. The molecule has 1 aromatic heterocycles. The smallest absolute Gasteiger partial charge is 0.289 e. The number of halogens is 2. The van der Waals surface area contributed by atoms with Crippen molar-refractivity contribution in [3.8, 4) is 0 Å². The quantitative estimate of drug-likeness (QED) is 0.834. The van der Waals surface area contributed by atoms with Crippen molar-refractivity contribution in [3.63, 3.8) is 0 Å². The lowest BCUT2D eigenvalue weighted by atomic mass is 10.2. The van der Waals surface area contributed by atoms with Gasteiger partial charge < -0.3 is 14.6 Å². The fraction of sp³-hybridized carbons (Fsp3) is 0.400. The SMILES string of the molecule is Cc1cc(Br)cc2cc(C(=O)N3CCN[C@H](C)C3)oc12.Cl. The van der Waals surface area contributed by atoms with Crippen molar-refractivity contribution in [2.75, 3.05) is 19.6 Å². The van der Waals surface area contributed by atoms with Gasteiger partial charge >= 0.3 is 0 Å². The number of carbonyl (C=O) groups excluding carboxylic acids is 1. The van der Waals surface area contributed by atoms with Gasteiger partial charge in [-0.1, -0.05) is 15.9 Å². The maximum absolute atomic E-state index is 12.5. The van der Waals surface area contributed by atoms with E-state index in [2.05, 4.69) is 28.2 Å². The zero-order chi connectivity index (χ0) is 14.3. The lowest BCUT2D eigenvalue weighted by Gasteiger charge is -2.31. The van der Waals surface area contributed by atoms with Crippen LogP contribution in [-0.2, 0) is 0 Å². The molecular weight excluding hydrogens is 356 g/mol. The van der Waals surface area contributed by atoms with Crippen molar-refractivity contribution in [1.29, 1.82) is 0 Å². The van der Waals surface area contributed by atoms with Crippen molar-refractivity contribution in [2.45, 2.75) is 19.9 Å². The molecule has 21 heavy (non-hydrogen) atoms. The lowest BCUT2D eigenvalue weighted by molar-refractivity contribution is 0.0679. The minimum atomic E-state index is -0.0231. The Morgan fingerprint density at radius 1 is 1.43 bits per heavy atom. The van der Waals surface area contributed by atoms with Crippen molar-refractivity contribution < 1.29 is 9.21 Å². The van der Waals surface area contributed by atoms with E-state index >= 15 is 0 Å². The third-order valence-corrected chi connectivity index (χ3v) is 4.09. The Balaban J connectivity index is 0.00000161. The van der Waals surface area contributed by atoms with Crippen LogP contribution in [0.1, 0.15) is 23.0 Å².